The van der Waals surface area contributed by atoms with Gasteiger partial charge in [0.15, 0.2) is 0 Å². The van der Waals surface area contributed by atoms with Crippen LogP contribution < -0.4 is 10.5 Å². The van der Waals surface area contributed by atoms with Gasteiger partial charge in [0.2, 0.25) is 0 Å². The molecule has 4 rings (SSSR count). The quantitative estimate of drug-likeness (QED) is 0.784. The minimum absolute atomic E-state index is 0.0213. The lowest BCUT2D eigenvalue weighted by molar-refractivity contribution is 0.655. The van der Waals surface area contributed by atoms with Gasteiger partial charge in [-0.05, 0) is 44.4 Å². The molecule has 0 amide bonds. The van der Waals surface area contributed by atoms with Gasteiger partial charge < -0.3 is 9.88 Å². The summed E-state index contributed by atoms with van der Waals surface area (Å²) in [5.74, 6) is 0.743. The number of aromatic amines is 1. The average Bonchev–Trinajstić information content (AvgIpc) is 2.97. The first kappa shape index (κ1) is 14.5. The largest absolute Gasteiger partial charge is 0.361 e. The van der Waals surface area contributed by atoms with E-state index in [1.165, 1.54) is 11.3 Å². The molecule has 5 heteroatoms. The number of hydrogen-bond donors (Lipinski definition) is 1. The van der Waals surface area contributed by atoms with Crippen molar-refractivity contribution >= 4 is 27.2 Å². The second-order valence-corrected chi connectivity index (χ2v) is 7.49. The number of aryl methyl sites for hydroxylation is 2. The van der Waals surface area contributed by atoms with Gasteiger partial charge >= 0.3 is 0 Å². The van der Waals surface area contributed by atoms with Crippen molar-refractivity contribution in [3.05, 3.63) is 56.4 Å². The van der Waals surface area contributed by atoms with Crippen molar-refractivity contribution in [2.45, 2.75) is 39.8 Å². The second-order valence-electron chi connectivity index (χ2n) is 6.29. The van der Waals surface area contributed by atoms with E-state index >= 15 is 0 Å². The number of fused-ring (bicyclic) bond motifs is 2. The predicted octanol–water partition coefficient (Wildman–Crippen LogP) is 3.55. The predicted molar refractivity (Wildman–Crippen MR) is 95.5 cm³/mol. The highest BCUT2D eigenvalue weighted by atomic mass is 32.1. The van der Waals surface area contributed by atoms with Gasteiger partial charge in [-0.25, -0.2) is 4.98 Å². The molecule has 3 heterocycles. The van der Waals surface area contributed by atoms with Gasteiger partial charge in [0.1, 0.15) is 10.7 Å². The number of hydrogen-bond acceptors (Lipinski definition) is 4. The molecule has 1 aliphatic heterocycles. The molecule has 1 aromatic carbocycles. The fourth-order valence-electron chi connectivity index (χ4n) is 3.41. The number of rotatable bonds is 2. The van der Waals surface area contributed by atoms with E-state index < -0.39 is 0 Å². The van der Waals surface area contributed by atoms with Crippen LogP contribution in [-0.4, -0.2) is 16.0 Å². The number of aromatic nitrogens is 2. The lowest BCUT2D eigenvalue weighted by Gasteiger charge is -2.24. The first-order chi connectivity index (χ1) is 11.0. The summed E-state index contributed by atoms with van der Waals surface area (Å²) in [6.45, 7) is 6.89. The van der Waals surface area contributed by atoms with Gasteiger partial charge in [-0.3, -0.25) is 4.79 Å². The molecule has 2 aromatic heterocycles. The molecule has 1 atom stereocenters. The highest BCUT2D eigenvalue weighted by Gasteiger charge is 2.26. The van der Waals surface area contributed by atoms with Crippen molar-refractivity contribution in [2.24, 2.45) is 0 Å². The maximum absolute atomic E-state index is 12.4. The summed E-state index contributed by atoms with van der Waals surface area (Å²) >= 11 is 1.60. The van der Waals surface area contributed by atoms with Crippen molar-refractivity contribution in [1.29, 1.82) is 0 Å². The molecule has 0 unspecified atom stereocenters. The Hall–Kier alpha value is -2.14. The Kier molecular flexibility index (Phi) is 3.27. The van der Waals surface area contributed by atoms with Gasteiger partial charge in [0.05, 0.1) is 11.9 Å². The Bertz CT molecular complexity index is 957. The maximum atomic E-state index is 12.4. The zero-order valence-electron chi connectivity index (χ0n) is 13.5. The van der Waals surface area contributed by atoms with Crippen LogP contribution in [0.4, 0.5) is 5.69 Å². The summed E-state index contributed by atoms with van der Waals surface area (Å²) in [5, 5.41) is 0.742. The lowest BCUT2D eigenvalue weighted by Crippen LogP contribution is -2.30. The van der Waals surface area contributed by atoms with Crippen LogP contribution in [0.5, 0.6) is 0 Å². The third-order valence-electron chi connectivity index (χ3n) is 4.76. The minimum Gasteiger partial charge on any atom is -0.361 e. The highest BCUT2D eigenvalue weighted by Crippen LogP contribution is 2.33. The minimum atomic E-state index is -0.0213. The topological polar surface area (TPSA) is 49.0 Å². The normalized spacial score (nSPS) is 17.0. The Morgan fingerprint density at radius 1 is 1.35 bits per heavy atom. The smallest absolute Gasteiger partial charge is 0.259 e. The maximum Gasteiger partial charge on any atom is 0.259 e. The number of benzene rings is 1. The third-order valence-corrected chi connectivity index (χ3v) is 5.86. The van der Waals surface area contributed by atoms with Crippen molar-refractivity contribution in [1.82, 2.24) is 9.97 Å². The zero-order valence-corrected chi connectivity index (χ0v) is 14.3. The van der Waals surface area contributed by atoms with Crippen LogP contribution >= 0.6 is 11.3 Å². The summed E-state index contributed by atoms with van der Waals surface area (Å²) in [6, 6.07) is 8.89. The zero-order chi connectivity index (χ0) is 16.1. The monoisotopic (exact) mass is 325 g/mol. The van der Waals surface area contributed by atoms with Crippen LogP contribution in [0.25, 0.3) is 10.2 Å². The number of anilines is 1. The first-order valence-electron chi connectivity index (χ1n) is 7.88. The van der Waals surface area contributed by atoms with Crippen LogP contribution in [0, 0.1) is 13.8 Å². The van der Waals surface area contributed by atoms with E-state index in [1.807, 2.05) is 13.8 Å². The fraction of sp³-hybridized carbons (Fsp3) is 0.333. The molecular weight excluding hydrogens is 306 g/mol. The van der Waals surface area contributed by atoms with E-state index in [4.69, 9.17) is 4.98 Å². The molecule has 1 N–H and O–H groups in total. The summed E-state index contributed by atoms with van der Waals surface area (Å²) in [7, 11) is 0. The second kappa shape index (κ2) is 5.20. The van der Waals surface area contributed by atoms with Gasteiger partial charge in [0, 0.05) is 16.6 Å². The molecular formula is C18H19N3OS. The van der Waals surface area contributed by atoms with Gasteiger partial charge in [0.25, 0.3) is 5.56 Å². The van der Waals surface area contributed by atoms with Crippen LogP contribution in [0.2, 0.25) is 0 Å². The van der Waals surface area contributed by atoms with E-state index in [0.717, 1.165) is 32.9 Å². The standard InChI is InChI=1S/C18H19N3OS/c1-10-8-13-6-4-5-7-14(13)21(10)9-15-19-17(22)16-11(2)12(3)23-18(16)20-15/h4-7,10H,8-9H2,1-3H3,(H,19,20,22)/t10-/m1/s1. The molecule has 1 aliphatic rings. The molecule has 3 aromatic rings. The van der Waals surface area contributed by atoms with E-state index in [-0.39, 0.29) is 5.56 Å². The number of para-hydroxylation sites is 1. The average molecular weight is 325 g/mol. The number of nitrogens with zero attached hydrogens (tertiary/aromatic N) is 2. The molecule has 118 valence electrons. The molecule has 0 saturated carbocycles. The summed E-state index contributed by atoms with van der Waals surface area (Å²) in [4.78, 5) is 24.5. The van der Waals surface area contributed by atoms with Gasteiger partial charge in [-0.15, -0.1) is 11.3 Å². The third kappa shape index (κ3) is 2.27. The molecule has 0 aliphatic carbocycles. The van der Waals surface area contributed by atoms with Gasteiger partial charge in [-0.2, -0.15) is 0 Å². The SMILES string of the molecule is Cc1sc2nc(CN3c4ccccc4C[C@H]3C)[nH]c(=O)c2c1C. The molecule has 4 nitrogen and oxygen atoms in total. The number of thiophene rings is 1. The molecule has 0 fully saturated rings. The molecule has 0 radical (unpaired) electrons. The molecule has 0 bridgehead atoms. The Labute approximate surface area is 138 Å². The van der Waals surface area contributed by atoms with Crippen molar-refractivity contribution in [3.8, 4) is 0 Å². The molecule has 23 heavy (non-hydrogen) atoms. The lowest BCUT2D eigenvalue weighted by atomic mass is 10.1. The summed E-state index contributed by atoms with van der Waals surface area (Å²) in [6.07, 6.45) is 1.04. The molecule has 0 saturated heterocycles. The van der Waals surface area contributed by atoms with Crippen LogP contribution in [0.3, 0.4) is 0 Å². The number of nitrogens with one attached hydrogen (secondary N) is 1. The number of H-pyrrole nitrogens is 1. The van der Waals surface area contributed by atoms with Crippen molar-refractivity contribution in [3.63, 3.8) is 0 Å². The van der Waals surface area contributed by atoms with E-state index in [1.54, 1.807) is 11.3 Å². The van der Waals surface area contributed by atoms with Crippen molar-refractivity contribution in [2.75, 3.05) is 4.90 Å². The van der Waals surface area contributed by atoms with E-state index in [0.29, 0.717) is 12.6 Å². The summed E-state index contributed by atoms with van der Waals surface area (Å²) < 4.78 is 0. The van der Waals surface area contributed by atoms with Crippen LogP contribution in [0.1, 0.15) is 28.8 Å². The van der Waals surface area contributed by atoms with Crippen molar-refractivity contribution < 1.29 is 0 Å². The van der Waals surface area contributed by atoms with Gasteiger partial charge in [-0.1, -0.05) is 18.2 Å². The Morgan fingerprint density at radius 2 is 2.13 bits per heavy atom. The Morgan fingerprint density at radius 3 is 2.96 bits per heavy atom. The van der Waals surface area contributed by atoms with Crippen LogP contribution in [0.15, 0.2) is 29.1 Å². The van der Waals surface area contributed by atoms with Crippen LogP contribution in [-0.2, 0) is 13.0 Å². The van der Waals surface area contributed by atoms with E-state index in [2.05, 4.69) is 41.1 Å². The van der Waals surface area contributed by atoms with E-state index in [9.17, 15) is 4.79 Å². The summed E-state index contributed by atoms with van der Waals surface area (Å²) in [5.41, 5.74) is 3.64. The highest BCUT2D eigenvalue weighted by molar-refractivity contribution is 7.18. The fourth-order valence-corrected chi connectivity index (χ4v) is 4.45. The Balaban J connectivity index is 1.75. The first-order valence-corrected chi connectivity index (χ1v) is 8.69. The molecule has 0 spiro atoms.